The van der Waals surface area contributed by atoms with Gasteiger partial charge in [-0.1, -0.05) is 167 Å². The third-order valence-corrected chi connectivity index (χ3v) is 10.1. The third kappa shape index (κ3) is 38.3. The molecule has 9 nitrogen and oxygen atoms in total. The molecule has 0 aliphatic heterocycles. The van der Waals surface area contributed by atoms with Gasteiger partial charge in [0.05, 0.1) is 13.2 Å². The van der Waals surface area contributed by atoms with Crippen LogP contribution in [0.5, 0.6) is 0 Å². The summed E-state index contributed by atoms with van der Waals surface area (Å²) < 4.78 is 32.7. The standard InChI is InChI=1S/C41H80NO8P/c1-3-5-7-9-11-13-14-15-16-17-18-19-20-21-22-23-24-26-28-30-32-34-41(44)50-39(38-49-51(45,46)48-36-35-42)37-47-40(43)33-31-29-27-25-12-10-8-6-4-2/h17-18,39H,3-16,19-38,42H2,1-2H3,(H,45,46)/b18-17-. The summed E-state index contributed by atoms with van der Waals surface area (Å²) in [5.41, 5.74) is 5.33. The number of hydrogen-bond acceptors (Lipinski definition) is 8. The molecule has 0 bridgehead atoms. The van der Waals surface area contributed by atoms with Crippen LogP contribution in [0, 0.1) is 0 Å². The van der Waals surface area contributed by atoms with Gasteiger partial charge in [-0.25, -0.2) is 4.57 Å². The Morgan fingerprint density at radius 2 is 0.961 bits per heavy atom. The van der Waals surface area contributed by atoms with Crippen molar-refractivity contribution in [3.05, 3.63) is 12.2 Å². The Morgan fingerprint density at radius 3 is 1.39 bits per heavy atom. The van der Waals surface area contributed by atoms with E-state index in [1.165, 1.54) is 135 Å². The molecule has 2 atom stereocenters. The number of phosphoric ester groups is 1. The lowest BCUT2D eigenvalue weighted by molar-refractivity contribution is -0.161. The molecule has 0 aromatic rings. The second-order valence-corrected chi connectivity index (χ2v) is 15.7. The fraction of sp³-hybridized carbons (Fsp3) is 0.902. The predicted molar refractivity (Wildman–Crippen MR) is 211 cm³/mol. The average molecular weight is 746 g/mol. The van der Waals surface area contributed by atoms with Gasteiger partial charge in [-0.15, -0.1) is 0 Å². The van der Waals surface area contributed by atoms with Crippen molar-refractivity contribution in [1.29, 1.82) is 0 Å². The number of carbonyl (C=O) groups excluding carboxylic acids is 2. The monoisotopic (exact) mass is 746 g/mol. The maximum absolute atomic E-state index is 12.5. The highest BCUT2D eigenvalue weighted by molar-refractivity contribution is 7.47. The van der Waals surface area contributed by atoms with Crippen LogP contribution in [0.25, 0.3) is 0 Å². The molecule has 0 spiro atoms. The largest absolute Gasteiger partial charge is 0.472 e. The van der Waals surface area contributed by atoms with E-state index in [-0.39, 0.29) is 38.6 Å². The summed E-state index contributed by atoms with van der Waals surface area (Å²) in [6, 6.07) is 0. The molecular formula is C41H80NO8P. The third-order valence-electron chi connectivity index (χ3n) is 9.15. The number of allylic oxidation sites excluding steroid dienone is 2. The number of unbranched alkanes of at least 4 members (excludes halogenated alkanes) is 25. The lowest BCUT2D eigenvalue weighted by Gasteiger charge is -2.19. The Labute approximate surface area is 313 Å². The smallest absolute Gasteiger partial charge is 0.462 e. The van der Waals surface area contributed by atoms with Crippen molar-refractivity contribution in [3.63, 3.8) is 0 Å². The number of esters is 2. The number of hydrogen-bond donors (Lipinski definition) is 2. The van der Waals surface area contributed by atoms with Crippen LogP contribution < -0.4 is 5.73 Å². The summed E-state index contributed by atoms with van der Waals surface area (Å²) in [6.07, 6.45) is 38.2. The number of ether oxygens (including phenoxy) is 2. The molecule has 0 fully saturated rings. The second kappa shape index (κ2) is 38.5. The SMILES string of the molecule is CCCCCCCCCC/C=C\CCCCCCCCCCCC(=O)OC(COC(=O)CCCCCCCCCCC)COP(=O)(O)OCCN. The van der Waals surface area contributed by atoms with E-state index in [1.54, 1.807) is 0 Å². The molecule has 0 rings (SSSR count). The Balaban J connectivity index is 4.05. The van der Waals surface area contributed by atoms with E-state index in [0.717, 1.165) is 38.5 Å². The van der Waals surface area contributed by atoms with Crippen LogP contribution in [0.3, 0.4) is 0 Å². The molecule has 0 heterocycles. The summed E-state index contributed by atoms with van der Waals surface area (Å²) in [7, 11) is -4.37. The summed E-state index contributed by atoms with van der Waals surface area (Å²) in [5.74, 6) is -0.826. The molecule has 0 aromatic heterocycles. The quantitative estimate of drug-likeness (QED) is 0.0272. The van der Waals surface area contributed by atoms with E-state index in [9.17, 15) is 19.0 Å². The van der Waals surface area contributed by atoms with Crippen LogP contribution >= 0.6 is 7.82 Å². The van der Waals surface area contributed by atoms with Crippen molar-refractivity contribution in [2.45, 2.75) is 213 Å². The minimum atomic E-state index is -4.37. The normalized spacial score (nSPS) is 13.4. The highest BCUT2D eigenvalue weighted by Gasteiger charge is 2.26. The van der Waals surface area contributed by atoms with Crippen molar-refractivity contribution in [2.75, 3.05) is 26.4 Å². The van der Waals surface area contributed by atoms with Gasteiger partial charge in [0.1, 0.15) is 6.61 Å². The van der Waals surface area contributed by atoms with Gasteiger partial charge in [0.15, 0.2) is 6.10 Å². The second-order valence-electron chi connectivity index (χ2n) is 14.2. The zero-order valence-electron chi connectivity index (χ0n) is 33.1. The topological polar surface area (TPSA) is 134 Å². The molecular weight excluding hydrogens is 665 g/mol. The fourth-order valence-corrected chi connectivity index (χ4v) is 6.75. The van der Waals surface area contributed by atoms with Crippen molar-refractivity contribution in [3.8, 4) is 0 Å². The minimum Gasteiger partial charge on any atom is -0.462 e. The van der Waals surface area contributed by atoms with Crippen molar-refractivity contribution >= 4 is 19.8 Å². The maximum atomic E-state index is 12.5. The zero-order chi connectivity index (χ0) is 37.5. The first kappa shape index (κ1) is 49.8. The van der Waals surface area contributed by atoms with Gasteiger partial charge in [-0.3, -0.25) is 18.6 Å². The van der Waals surface area contributed by atoms with E-state index < -0.39 is 26.5 Å². The first-order valence-electron chi connectivity index (χ1n) is 21.2. The zero-order valence-corrected chi connectivity index (χ0v) is 34.0. The molecule has 3 N–H and O–H groups in total. The number of phosphoric acid groups is 1. The summed E-state index contributed by atoms with van der Waals surface area (Å²) in [4.78, 5) is 34.7. The van der Waals surface area contributed by atoms with Gasteiger partial charge < -0.3 is 20.1 Å². The van der Waals surface area contributed by atoms with Gasteiger partial charge in [-0.2, -0.15) is 0 Å². The van der Waals surface area contributed by atoms with E-state index >= 15 is 0 Å². The van der Waals surface area contributed by atoms with Crippen molar-refractivity contribution in [1.82, 2.24) is 0 Å². The van der Waals surface area contributed by atoms with Crippen LogP contribution in [0.4, 0.5) is 0 Å². The van der Waals surface area contributed by atoms with Crippen LogP contribution in [-0.2, 0) is 32.7 Å². The number of carbonyl (C=O) groups is 2. The molecule has 0 saturated carbocycles. The highest BCUT2D eigenvalue weighted by Crippen LogP contribution is 2.43. The van der Waals surface area contributed by atoms with Crippen LogP contribution in [0.1, 0.15) is 206 Å². The molecule has 0 saturated heterocycles. The average Bonchev–Trinajstić information content (AvgIpc) is 3.11. The molecule has 0 radical (unpaired) electrons. The van der Waals surface area contributed by atoms with Crippen LogP contribution in [0.2, 0.25) is 0 Å². The van der Waals surface area contributed by atoms with E-state index in [4.69, 9.17) is 24.3 Å². The molecule has 10 heteroatoms. The van der Waals surface area contributed by atoms with Crippen LogP contribution in [-0.4, -0.2) is 49.3 Å². The first-order valence-corrected chi connectivity index (χ1v) is 22.7. The Hall–Kier alpha value is -1.25. The summed E-state index contributed by atoms with van der Waals surface area (Å²) in [5, 5.41) is 0. The molecule has 2 unspecified atom stereocenters. The molecule has 0 aliphatic rings. The lowest BCUT2D eigenvalue weighted by Crippen LogP contribution is -2.29. The fourth-order valence-electron chi connectivity index (χ4n) is 5.98. The Kier molecular flexibility index (Phi) is 37.5. The van der Waals surface area contributed by atoms with E-state index in [1.807, 2.05) is 0 Å². The van der Waals surface area contributed by atoms with Gasteiger partial charge in [-0.05, 0) is 38.5 Å². The van der Waals surface area contributed by atoms with Crippen molar-refractivity contribution < 1.29 is 37.6 Å². The molecule has 51 heavy (non-hydrogen) atoms. The first-order chi connectivity index (χ1) is 24.8. The maximum Gasteiger partial charge on any atom is 0.472 e. The van der Waals surface area contributed by atoms with Crippen molar-refractivity contribution in [2.24, 2.45) is 5.73 Å². The predicted octanol–water partition coefficient (Wildman–Crippen LogP) is 11.8. The van der Waals surface area contributed by atoms with Gasteiger partial charge in [0, 0.05) is 19.4 Å². The summed E-state index contributed by atoms with van der Waals surface area (Å²) >= 11 is 0. The Bertz CT molecular complexity index is 856. The highest BCUT2D eigenvalue weighted by atomic mass is 31.2. The Morgan fingerprint density at radius 1 is 0.569 bits per heavy atom. The molecule has 0 aromatic carbocycles. The van der Waals surface area contributed by atoms with E-state index in [2.05, 4.69) is 26.0 Å². The number of rotatable bonds is 40. The molecule has 302 valence electrons. The van der Waals surface area contributed by atoms with Gasteiger partial charge in [0.2, 0.25) is 0 Å². The number of nitrogens with two attached hydrogens (primary N) is 1. The lowest BCUT2D eigenvalue weighted by atomic mass is 10.1. The van der Waals surface area contributed by atoms with Gasteiger partial charge in [0.25, 0.3) is 0 Å². The van der Waals surface area contributed by atoms with E-state index in [0.29, 0.717) is 6.42 Å². The molecule has 0 aliphatic carbocycles. The minimum absolute atomic E-state index is 0.0557. The van der Waals surface area contributed by atoms with Gasteiger partial charge >= 0.3 is 19.8 Å². The van der Waals surface area contributed by atoms with Crippen LogP contribution in [0.15, 0.2) is 12.2 Å². The molecule has 0 amide bonds. The summed E-state index contributed by atoms with van der Waals surface area (Å²) in [6.45, 7) is 3.72.